The molecule has 0 saturated heterocycles. The van der Waals surface area contributed by atoms with Gasteiger partial charge in [-0.2, -0.15) is 8.78 Å². The molecule has 0 bridgehead atoms. The number of nitrogens with one attached hydrogen (secondary N) is 2. The van der Waals surface area contributed by atoms with Crippen LogP contribution in [0.3, 0.4) is 0 Å². The molecule has 1 aromatic carbocycles. The topological polar surface area (TPSA) is 76.4 Å². The summed E-state index contributed by atoms with van der Waals surface area (Å²) in [6, 6.07) is 10.5. The summed E-state index contributed by atoms with van der Waals surface area (Å²) in [6.07, 6.45) is 6.91. The fraction of sp³-hybridized carbons (Fsp3) is 0.250. The maximum absolute atomic E-state index is 12.6. The lowest BCUT2D eigenvalue weighted by Gasteiger charge is -2.14. The zero-order chi connectivity index (χ0) is 20.5. The molecule has 0 aliphatic heterocycles. The summed E-state index contributed by atoms with van der Waals surface area (Å²) in [4.78, 5) is 12.9. The van der Waals surface area contributed by atoms with E-state index in [1.807, 2.05) is 29.8 Å². The largest absolute Gasteiger partial charge is 0.434 e. The lowest BCUT2D eigenvalue weighted by molar-refractivity contribution is -0.0504. The molecule has 2 heterocycles. The smallest absolute Gasteiger partial charge is 0.387 e. The van der Waals surface area contributed by atoms with Gasteiger partial charge in [-0.3, -0.25) is 4.57 Å². The quantitative estimate of drug-likeness (QED) is 0.449. The van der Waals surface area contributed by atoms with Gasteiger partial charge >= 0.3 is 6.61 Å². The summed E-state index contributed by atoms with van der Waals surface area (Å²) in [6.45, 7) is 0.473. The maximum atomic E-state index is 12.6. The molecule has 7 nitrogen and oxygen atoms in total. The Morgan fingerprint density at radius 3 is 2.83 bits per heavy atom. The van der Waals surface area contributed by atoms with Crippen molar-refractivity contribution >= 4 is 5.96 Å². The molecule has 0 aliphatic rings. The van der Waals surface area contributed by atoms with Crippen LogP contribution in [0.25, 0.3) is 5.82 Å². The van der Waals surface area contributed by atoms with Crippen molar-refractivity contribution in [3.05, 3.63) is 72.4 Å². The molecule has 0 radical (unpaired) electrons. The molecule has 0 atom stereocenters. The fourth-order valence-electron chi connectivity index (χ4n) is 2.65. The number of pyridine rings is 1. The third-order valence-electron chi connectivity index (χ3n) is 3.98. The van der Waals surface area contributed by atoms with Crippen LogP contribution in [0.2, 0.25) is 0 Å². The van der Waals surface area contributed by atoms with Gasteiger partial charge in [-0.25, -0.2) is 15.0 Å². The average Bonchev–Trinajstić information content (AvgIpc) is 3.26. The fourth-order valence-corrected chi connectivity index (χ4v) is 2.65. The second kappa shape index (κ2) is 10.2. The Balaban J connectivity index is 1.67. The van der Waals surface area contributed by atoms with E-state index in [4.69, 9.17) is 0 Å². The molecule has 0 saturated carbocycles. The van der Waals surface area contributed by atoms with Crippen molar-refractivity contribution in [2.75, 3.05) is 6.54 Å². The summed E-state index contributed by atoms with van der Waals surface area (Å²) in [5.74, 6) is 1.47. The molecule has 0 spiro atoms. The lowest BCUT2D eigenvalue weighted by Crippen LogP contribution is -2.36. The van der Waals surface area contributed by atoms with E-state index in [1.165, 1.54) is 6.07 Å². The van der Waals surface area contributed by atoms with Gasteiger partial charge in [-0.05, 0) is 30.7 Å². The molecule has 29 heavy (non-hydrogen) atoms. The summed E-state index contributed by atoms with van der Waals surface area (Å²) in [5.41, 5.74) is 1.59. The Bertz CT molecular complexity index is 930. The molecule has 0 amide bonds. The first-order chi connectivity index (χ1) is 14.2. The number of hydrogen-bond acceptors (Lipinski definition) is 4. The van der Waals surface area contributed by atoms with E-state index in [-0.39, 0.29) is 5.75 Å². The van der Waals surface area contributed by atoms with E-state index in [0.29, 0.717) is 31.2 Å². The minimum atomic E-state index is -2.87. The lowest BCUT2D eigenvalue weighted by atomic mass is 10.2. The van der Waals surface area contributed by atoms with Gasteiger partial charge < -0.3 is 15.4 Å². The number of guanidine groups is 1. The highest BCUT2D eigenvalue weighted by atomic mass is 19.3. The minimum Gasteiger partial charge on any atom is -0.434 e. The van der Waals surface area contributed by atoms with Gasteiger partial charge in [0.2, 0.25) is 0 Å². The first kappa shape index (κ1) is 20.2. The number of halogens is 2. The van der Waals surface area contributed by atoms with Crippen LogP contribution >= 0.6 is 0 Å². The Morgan fingerprint density at radius 1 is 1.21 bits per heavy atom. The number of para-hydroxylation sites is 1. The first-order valence-electron chi connectivity index (χ1n) is 9.14. The number of aromatic nitrogens is 3. The number of ether oxygens (including phenoxy) is 1. The van der Waals surface area contributed by atoms with E-state index in [1.54, 1.807) is 36.9 Å². The van der Waals surface area contributed by atoms with E-state index in [0.717, 1.165) is 11.4 Å². The molecular weight excluding hydrogens is 378 g/mol. The number of imidazole rings is 1. The number of aliphatic imine (C=N–C) groups is 1. The number of alkyl halides is 2. The standard InChI is InChI=1S/C20H22F2N6O/c1-2-24-20(27-13-16-5-3-4-6-17(16)29-19(21)22)26-12-15-7-8-25-18(11-15)28-10-9-23-14-28/h3-11,14,19H,2,12-13H2,1H3,(H2,24,26,27). The van der Waals surface area contributed by atoms with Crippen molar-refractivity contribution < 1.29 is 13.5 Å². The molecule has 9 heteroatoms. The normalized spacial score (nSPS) is 11.5. The van der Waals surface area contributed by atoms with Gasteiger partial charge in [0.1, 0.15) is 17.9 Å². The number of hydrogen-bond donors (Lipinski definition) is 2. The van der Waals surface area contributed by atoms with Crippen molar-refractivity contribution in [3.63, 3.8) is 0 Å². The predicted molar refractivity (Wildman–Crippen MR) is 106 cm³/mol. The van der Waals surface area contributed by atoms with Crippen molar-refractivity contribution in [2.45, 2.75) is 26.6 Å². The Kier molecular flexibility index (Phi) is 7.10. The van der Waals surface area contributed by atoms with E-state index < -0.39 is 6.61 Å². The van der Waals surface area contributed by atoms with Crippen molar-refractivity contribution in [1.29, 1.82) is 0 Å². The molecule has 152 valence electrons. The summed E-state index contributed by atoms with van der Waals surface area (Å²) in [5, 5.41) is 6.29. The molecule has 2 aromatic heterocycles. The monoisotopic (exact) mass is 400 g/mol. The Morgan fingerprint density at radius 2 is 2.07 bits per heavy atom. The molecule has 3 aromatic rings. The highest BCUT2D eigenvalue weighted by Crippen LogP contribution is 2.19. The number of nitrogens with zero attached hydrogens (tertiary/aromatic N) is 4. The zero-order valence-corrected chi connectivity index (χ0v) is 15.9. The maximum Gasteiger partial charge on any atom is 0.387 e. The zero-order valence-electron chi connectivity index (χ0n) is 15.9. The molecule has 0 fully saturated rings. The molecular formula is C20H22F2N6O. The van der Waals surface area contributed by atoms with Gasteiger partial charge in [-0.15, -0.1) is 0 Å². The van der Waals surface area contributed by atoms with Crippen LogP contribution < -0.4 is 15.4 Å². The van der Waals surface area contributed by atoms with Crippen LogP contribution in [-0.2, 0) is 13.1 Å². The van der Waals surface area contributed by atoms with Crippen molar-refractivity contribution in [3.8, 4) is 11.6 Å². The van der Waals surface area contributed by atoms with E-state index >= 15 is 0 Å². The summed E-state index contributed by atoms with van der Waals surface area (Å²) < 4.78 is 31.5. The van der Waals surface area contributed by atoms with Crippen LogP contribution in [0.4, 0.5) is 8.78 Å². The summed E-state index contributed by atoms with van der Waals surface area (Å²) in [7, 11) is 0. The van der Waals surface area contributed by atoms with Crippen LogP contribution in [0.5, 0.6) is 5.75 Å². The average molecular weight is 400 g/mol. The number of rotatable bonds is 8. The van der Waals surface area contributed by atoms with Gasteiger partial charge in [0.05, 0.1) is 6.54 Å². The van der Waals surface area contributed by atoms with E-state index in [9.17, 15) is 8.78 Å². The second-order valence-electron chi connectivity index (χ2n) is 6.03. The Labute approximate surface area is 167 Å². The van der Waals surface area contributed by atoms with Gasteiger partial charge in [0.15, 0.2) is 5.96 Å². The Hall–Kier alpha value is -3.49. The third-order valence-corrected chi connectivity index (χ3v) is 3.98. The van der Waals surface area contributed by atoms with Gasteiger partial charge in [0, 0.05) is 37.2 Å². The second-order valence-corrected chi connectivity index (χ2v) is 6.03. The SMILES string of the molecule is CCNC(=NCc1ccnc(-n2ccnc2)c1)NCc1ccccc1OC(F)F. The third kappa shape index (κ3) is 6.00. The van der Waals surface area contributed by atoms with Gasteiger partial charge in [0.25, 0.3) is 0 Å². The van der Waals surface area contributed by atoms with E-state index in [2.05, 4.69) is 30.3 Å². The highest BCUT2D eigenvalue weighted by Gasteiger charge is 2.09. The molecule has 0 aliphatic carbocycles. The van der Waals surface area contributed by atoms with Crippen LogP contribution in [0.1, 0.15) is 18.1 Å². The van der Waals surface area contributed by atoms with Gasteiger partial charge in [-0.1, -0.05) is 18.2 Å². The summed E-state index contributed by atoms with van der Waals surface area (Å²) >= 11 is 0. The van der Waals surface area contributed by atoms with Crippen molar-refractivity contribution in [1.82, 2.24) is 25.2 Å². The van der Waals surface area contributed by atoms with Crippen LogP contribution in [0.15, 0.2) is 66.3 Å². The molecule has 0 unspecified atom stereocenters. The van der Waals surface area contributed by atoms with Crippen LogP contribution in [-0.4, -0.2) is 33.7 Å². The molecule has 3 rings (SSSR count). The van der Waals surface area contributed by atoms with Crippen molar-refractivity contribution in [2.24, 2.45) is 4.99 Å². The highest BCUT2D eigenvalue weighted by molar-refractivity contribution is 5.79. The minimum absolute atomic E-state index is 0.143. The first-order valence-corrected chi connectivity index (χ1v) is 9.14. The molecule has 2 N–H and O–H groups in total. The van der Waals surface area contributed by atoms with Crippen LogP contribution in [0, 0.1) is 0 Å². The number of benzene rings is 1. The predicted octanol–water partition coefficient (Wildman–Crippen LogP) is 3.12.